The fraction of sp³-hybridized carbons (Fsp3) is 0.240. The molecule has 156 valence electrons. The van der Waals surface area contributed by atoms with Gasteiger partial charge in [-0.1, -0.05) is 18.2 Å². The molecule has 31 heavy (non-hydrogen) atoms. The molecule has 1 aliphatic carbocycles. The van der Waals surface area contributed by atoms with Crippen LogP contribution in [0.3, 0.4) is 0 Å². The highest BCUT2D eigenvalue weighted by molar-refractivity contribution is 5.98. The Hall–Kier alpha value is -3.67. The summed E-state index contributed by atoms with van der Waals surface area (Å²) in [7, 11) is 0. The van der Waals surface area contributed by atoms with Crippen molar-refractivity contribution in [3.8, 4) is 11.1 Å². The van der Waals surface area contributed by atoms with Gasteiger partial charge in [0, 0.05) is 34.4 Å². The topological polar surface area (TPSA) is 96.7 Å². The van der Waals surface area contributed by atoms with Crippen LogP contribution in [0.25, 0.3) is 22.0 Å². The van der Waals surface area contributed by atoms with Gasteiger partial charge < -0.3 is 16.0 Å². The Balaban J connectivity index is 1.42. The molecule has 4 aromatic rings. The van der Waals surface area contributed by atoms with Crippen LogP contribution in [0.4, 0.5) is 5.82 Å². The molecule has 1 saturated carbocycles. The average molecular weight is 412 g/mol. The van der Waals surface area contributed by atoms with Gasteiger partial charge in [-0.25, -0.2) is 4.98 Å². The smallest absolute Gasteiger partial charge is 0.268 e. The van der Waals surface area contributed by atoms with Gasteiger partial charge in [0.2, 0.25) is 0 Å². The number of H-pyrrole nitrogens is 1. The molecule has 3 aromatic heterocycles. The summed E-state index contributed by atoms with van der Waals surface area (Å²) in [6, 6.07) is 13.7. The monoisotopic (exact) mass is 411 g/mol. The summed E-state index contributed by atoms with van der Waals surface area (Å²) < 4.78 is 0. The lowest BCUT2D eigenvalue weighted by molar-refractivity contribution is 0.0926. The first-order valence-corrected chi connectivity index (χ1v) is 10.6. The molecular weight excluding hydrogens is 386 g/mol. The number of aromatic amines is 1. The zero-order valence-corrected chi connectivity index (χ0v) is 17.6. The predicted molar refractivity (Wildman–Crippen MR) is 123 cm³/mol. The SMILES string of the molecule is Cc1cc(-c2ccc(N)nc2)cnc1C(NC(=O)c1cc2cccc(C)c2[nH]1)C1CC1. The van der Waals surface area contributed by atoms with E-state index < -0.39 is 0 Å². The van der Waals surface area contributed by atoms with Crippen LogP contribution in [-0.4, -0.2) is 20.9 Å². The van der Waals surface area contributed by atoms with Crippen LogP contribution in [0.1, 0.15) is 46.2 Å². The highest BCUT2D eigenvalue weighted by Crippen LogP contribution is 2.41. The van der Waals surface area contributed by atoms with Crippen molar-refractivity contribution in [3.05, 3.63) is 77.4 Å². The number of rotatable bonds is 5. The van der Waals surface area contributed by atoms with Crippen molar-refractivity contribution in [2.45, 2.75) is 32.7 Å². The number of para-hydroxylation sites is 1. The van der Waals surface area contributed by atoms with Gasteiger partial charge in [-0.05, 0) is 68.0 Å². The fourth-order valence-electron chi connectivity index (χ4n) is 4.13. The summed E-state index contributed by atoms with van der Waals surface area (Å²) >= 11 is 0. The number of aromatic nitrogens is 3. The lowest BCUT2D eigenvalue weighted by atomic mass is 10.00. The quantitative estimate of drug-likeness (QED) is 0.443. The summed E-state index contributed by atoms with van der Waals surface area (Å²) in [6.07, 6.45) is 5.80. The van der Waals surface area contributed by atoms with Crippen LogP contribution < -0.4 is 11.1 Å². The van der Waals surface area contributed by atoms with Gasteiger partial charge in [0.1, 0.15) is 11.5 Å². The van der Waals surface area contributed by atoms with E-state index >= 15 is 0 Å². The molecule has 1 unspecified atom stereocenters. The molecule has 0 aliphatic heterocycles. The Morgan fingerprint density at radius 1 is 1.06 bits per heavy atom. The normalized spacial score (nSPS) is 14.5. The molecule has 3 heterocycles. The predicted octanol–water partition coefficient (Wildman–Crippen LogP) is 4.71. The van der Waals surface area contributed by atoms with Crippen molar-refractivity contribution in [3.63, 3.8) is 0 Å². The number of benzene rings is 1. The number of carbonyl (C=O) groups is 1. The summed E-state index contributed by atoms with van der Waals surface area (Å²) in [5, 5.41) is 4.28. The van der Waals surface area contributed by atoms with E-state index in [1.165, 1.54) is 0 Å². The van der Waals surface area contributed by atoms with Crippen molar-refractivity contribution >= 4 is 22.6 Å². The third-order valence-corrected chi connectivity index (χ3v) is 6.02. The summed E-state index contributed by atoms with van der Waals surface area (Å²) in [5.41, 5.74) is 12.3. The molecule has 0 saturated heterocycles. The minimum atomic E-state index is -0.0985. The number of hydrogen-bond acceptors (Lipinski definition) is 4. The van der Waals surface area contributed by atoms with E-state index in [2.05, 4.69) is 21.4 Å². The largest absolute Gasteiger partial charge is 0.384 e. The number of nitrogens with zero attached hydrogens (tertiary/aromatic N) is 2. The molecule has 1 atom stereocenters. The molecule has 6 heteroatoms. The molecule has 0 bridgehead atoms. The van der Waals surface area contributed by atoms with E-state index in [0.717, 1.165) is 51.7 Å². The second-order valence-electron chi connectivity index (χ2n) is 8.41. The molecule has 5 rings (SSSR count). The lowest BCUT2D eigenvalue weighted by Crippen LogP contribution is -2.31. The molecule has 1 aliphatic rings. The minimum absolute atomic E-state index is 0.0967. The van der Waals surface area contributed by atoms with Crippen molar-refractivity contribution < 1.29 is 4.79 Å². The van der Waals surface area contributed by atoms with Crippen molar-refractivity contribution in [1.82, 2.24) is 20.3 Å². The second-order valence-corrected chi connectivity index (χ2v) is 8.41. The fourth-order valence-corrected chi connectivity index (χ4v) is 4.13. The number of fused-ring (bicyclic) bond motifs is 1. The molecule has 1 fully saturated rings. The number of carbonyl (C=O) groups excluding carboxylic acids is 1. The summed E-state index contributed by atoms with van der Waals surface area (Å²) in [6.45, 7) is 4.09. The number of hydrogen-bond donors (Lipinski definition) is 3. The number of nitrogens with one attached hydrogen (secondary N) is 2. The van der Waals surface area contributed by atoms with Crippen LogP contribution >= 0.6 is 0 Å². The Labute approximate surface area is 180 Å². The second kappa shape index (κ2) is 7.54. The highest BCUT2D eigenvalue weighted by atomic mass is 16.2. The zero-order valence-electron chi connectivity index (χ0n) is 17.6. The molecule has 0 radical (unpaired) electrons. The minimum Gasteiger partial charge on any atom is -0.384 e. The van der Waals surface area contributed by atoms with Crippen LogP contribution in [0.2, 0.25) is 0 Å². The van der Waals surface area contributed by atoms with Gasteiger partial charge in [-0.3, -0.25) is 9.78 Å². The van der Waals surface area contributed by atoms with Gasteiger partial charge in [0.15, 0.2) is 0 Å². The highest BCUT2D eigenvalue weighted by Gasteiger charge is 2.35. The summed E-state index contributed by atoms with van der Waals surface area (Å²) in [4.78, 5) is 25.3. The van der Waals surface area contributed by atoms with Crippen LogP contribution in [0, 0.1) is 19.8 Å². The van der Waals surface area contributed by atoms with Gasteiger partial charge >= 0.3 is 0 Å². The molecule has 0 spiro atoms. The van der Waals surface area contributed by atoms with E-state index in [1.807, 2.05) is 50.4 Å². The molecular formula is C25H25N5O. The molecule has 6 nitrogen and oxygen atoms in total. The lowest BCUT2D eigenvalue weighted by Gasteiger charge is -2.20. The standard InChI is InChI=1S/C25H25N5O/c1-14-4-3-5-17-11-20(29-22(14)17)25(31)30-24(16-6-7-16)23-15(2)10-19(13-28-23)18-8-9-21(26)27-12-18/h3-5,8-13,16,24,29H,6-7H2,1-2H3,(H2,26,27)(H,30,31). The number of nitrogens with two attached hydrogens (primary N) is 1. The van der Waals surface area contributed by atoms with E-state index in [9.17, 15) is 4.79 Å². The number of nitrogen functional groups attached to an aromatic ring is 1. The average Bonchev–Trinajstić information content (AvgIpc) is 3.50. The van der Waals surface area contributed by atoms with E-state index in [-0.39, 0.29) is 11.9 Å². The molecule has 1 amide bonds. The van der Waals surface area contributed by atoms with E-state index in [1.54, 1.807) is 12.3 Å². The summed E-state index contributed by atoms with van der Waals surface area (Å²) in [5.74, 6) is 0.819. The molecule has 4 N–H and O–H groups in total. The Morgan fingerprint density at radius 3 is 2.55 bits per heavy atom. The Bertz CT molecular complexity index is 1270. The Morgan fingerprint density at radius 2 is 1.87 bits per heavy atom. The number of aryl methyl sites for hydroxylation is 2. The van der Waals surface area contributed by atoms with E-state index in [4.69, 9.17) is 10.7 Å². The van der Waals surface area contributed by atoms with E-state index in [0.29, 0.717) is 17.4 Å². The maximum absolute atomic E-state index is 13.1. The third kappa shape index (κ3) is 3.77. The number of anilines is 1. The van der Waals surface area contributed by atoms with Crippen LogP contribution in [0.5, 0.6) is 0 Å². The first kappa shape index (κ1) is 19.3. The van der Waals surface area contributed by atoms with Crippen molar-refractivity contribution in [2.75, 3.05) is 5.73 Å². The van der Waals surface area contributed by atoms with Gasteiger partial charge in [0.25, 0.3) is 5.91 Å². The van der Waals surface area contributed by atoms with Crippen LogP contribution in [-0.2, 0) is 0 Å². The van der Waals surface area contributed by atoms with Gasteiger partial charge in [-0.15, -0.1) is 0 Å². The first-order chi connectivity index (χ1) is 15.0. The Kier molecular flexibility index (Phi) is 4.70. The first-order valence-electron chi connectivity index (χ1n) is 10.6. The number of pyridine rings is 2. The third-order valence-electron chi connectivity index (χ3n) is 6.02. The number of amides is 1. The van der Waals surface area contributed by atoms with Gasteiger partial charge in [-0.2, -0.15) is 0 Å². The van der Waals surface area contributed by atoms with Crippen LogP contribution in [0.15, 0.2) is 54.9 Å². The maximum atomic E-state index is 13.1. The molecule has 1 aromatic carbocycles. The van der Waals surface area contributed by atoms with Crippen molar-refractivity contribution in [2.24, 2.45) is 5.92 Å². The maximum Gasteiger partial charge on any atom is 0.268 e. The van der Waals surface area contributed by atoms with Crippen molar-refractivity contribution in [1.29, 1.82) is 0 Å². The zero-order chi connectivity index (χ0) is 21.5. The van der Waals surface area contributed by atoms with Gasteiger partial charge in [0.05, 0.1) is 11.7 Å².